The van der Waals surface area contributed by atoms with Crippen LogP contribution in [0.2, 0.25) is 0 Å². The fourth-order valence-electron chi connectivity index (χ4n) is 4.69. The molecular formula is C23H21FN6O2. The van der Waals surface area contributed by atoms with Crippen LogP contribution in [0.3, 0.4) is 0 Å². The summed E-state index contributed by atoms with van der Waals surface area (Å²) < 4.78 is 21.6. The minimum atomic E-state index is -0.697. The Kier molecular flexibility index (Phi) is 4.48. The van der Waals surface area contributed by atoms with Gasteiger partial charge in [0.2, 0.25) is 0 Å². The van der Waals surface area contributed by atoms with Crippen molar-refractivity contribution in [2.45, 2.75) is 38.7 Å². The molecule has 0 amide bonds. The van der Waals surface area contributed by atoms with Gasteiger partial charge in [-0.3, -0.25) is 9.48 Å². The van der Waals surface area contributed by atoms with Crippen LogP contribution in [0.1, 0.15) is 59.6 Å². The normalized spacial score (nSPS) is 18.9. The van der Waals surface area contributed by atoms with E-state index < -0.39 is 17.3 Å². The molecule has 9 heteroatoms. The molecule has 3 heterocycles. The third kappa shape index (κ3) is 2.94. The molecule has 5 rings (SSSR count). The van der Waals surface area contributed by atoms with Gasteiger partial charge in [-0.2, -0.15) is 10.4 Å². The van der Waals surface area contributed by atoms with E-state index in [2.05, 4.69) is 21.1 Å². The zero-order valence-electron chi connectivity index (χ0n) is 17.7. The first-order valence-electron chi connectivity index (χ1n) is 10.4. The number of carbonyl (C=O) groups excluding carboxylic acids is 1. The Hall–Kier alpha value is -3.80. The second-order valence-electron chi connectivity index (χ2n) is 8.48. The number of nitriles is 1. The van der Waals surface area contributed by atoms with Gasteiger partial charge in [-0.25, -0.2) is 14.4 Å². The SMILES string of the molecule is CC1Oc2nc(cnc2N)-c2c(nn(C)c2C#N)CC2(CCC2)C(=O)c2ccc(F)cc21. The first-order chi connectivity index (χ1) is 15.3. The third-order valence-electron chi connectivity index (χ3n) is 6.53. The van der Waals surface area contributed by atoms with Gasteiger partial charge >= 0.3 is 0 Å². The van der Waals surface area contributed by atoms with Crippen LogP contribution in [0.15, 0.2) is 24.4 Å². The first-order valence-corrected chi connectivity index (χ1v) is 10.4. The number of hydrogen-bond acceptors (Lipinski definition) is 7. The van der Waals surface area contributed by atoms with E-state index >= 15 is 0 Å². The van der Waals surface area contributed by atoms with E-state index in [0.29, 0.717) is 53.0 Å². The Balaban J connectivity index is 1.79. The smallest absolute Gasteiger partial charge is 0.258 e. The van der Waals surface area contributed by atoms with Crippen LogP contribution in [0.4, 0.5) is 10.2 Å². The number of fused-ring (bicyclic) bond motifs is 5. The molecule has 0 saturated heterocycles. The second-order valence-corrected chi connectivity index (χ2v) is 8.48. The number of Topliss-reactive ketones (excluding diaryl/α,β-unsaturated/α-hetero) is 1. The number of hydrogen-bond donors (Lipinski definition) is 1. The number of anilines is 1. The number of aromatic nitrogens is 4. The molecule has 2 N–H and O–H groups in total. The Morgan fingerprint density at radius 3 is 2.84 bits per heavy atom. The summed E-state index contributed by atoms with van der Waals surface area (Å²) in [4.78, 5) is 22.6. The molecular weight excluding hydrogens is 411 g/mol. The molecule has 1 fully saturated rings. The number of nitrogen functional groups attached to an aromatic ring is 1. The van der Waals surface area contributed by atoms with Crippen molar-refractivity contribution in [2.24, 2.45) is 12.5 Å². The fraction of sp³-hybridized carbons (Fsp3) is 0.348. The molecule has 1 saturated carbocycles. The molecule has 162 valence electrons. The lowest BCUT2D eigenvalue weighted by Crippen LogP contribution is -2.41. The van der Waals surface area contributed by atoms with E-state index in [1.54, 1.807) is 14.0 Å². The number of carbonyl (C=O) groups is 1. The highest BCUT2D eigenvalue weighted by atomic mass is 19.1. The van der Waals surface area contributed by atoms with Gasteiger partial charge in [0.15, 0.2) is 11.6 Å². The van der Waals surface area contributed by atoms with Crippen LogP contribution in [0.5, 0.6) is 5.88 Å². The maximum Gasteiger partial charge on any atom is 0.258 e. The van der Waals surface area contributed by atoms with Crippen LogP contribution in [0, 0.1) is 22.6 Å². The second kappa shape index (κ2) is 7.12. The van der Waals surface area contributed by atoms with Crippen LogP contribution in [-0.4, -0.2) is 25.5 Å². The lowest BCUT2D eigenvalue weighted by atomic mass is 9.61. The van der Waals surface area contributed by atoms with Crippen molar-refractivity contribution in [1.82, 2.24) is 19.7 Å². The van der Waals surface area contributed by atoms with Crippen molar-refractivity contribution in [1.29, 1.82) is 5.26 Å². The molecule has 2 bridgehead atoms. The highest BCUT2D eigenvalue weighted by Gasteiger charge is 2.46. The van der Waals surface area contributed by atoms with Gasteiger partial charge in [0.25, 0.3) is 5.88 Å². The van der Waals surface area contributed by atoms with Crippen molar-refractivity contribution < 1.29 is 13.9 Å². The summed E-state index contributed by atoms with van der Waals surface area (Å²) in [5.41, 5.74) is 8.01. The highest BCUT2D eigenvalue weighted by molar-refractivity contribution is 6.02. The monoisotopic (exact) mass is 432 g/mol. The van der Waals surface area contributed by atoms with E-state index in [4.69, 9.17) is 10.5 Å². The summed E-state index contributed by atoms with van der Waals surface area (Å²) in [6, 6.07) is 6.31. The van der Waals surface area contributed by atoms with Gasteiger partial charge in [-0.05, 0) is 38.0 Å². The number of ketones is 1. The number of aryl methyl sites for hydroxylation is 1. The average Bonchev–Trinajstić information content (AvgIpc) is 3.05. The number of nitrogens with zero attached hydrogens (tertiary/aromatic N) is 5. The maximum atomic E-state index is 14.2. The van der Waals surface area contributed by atoms with Crippen LogP contribution >= 0.6 is 0 Å². The van der Waals surface area contributed by atoms with E-state index in [-0.39, 0.29) is 17.5 Å². The molecule has 2 aliphatic rings. The Morgan fingerprint density at radius 2 is 2.16 bits per heavy atom. The minimum absolute atomic E-state index is 0.0512. The van der Waals surface area contributed by atoms with Crippen LogP contribution in [-0.2, 0) is 13.5 Å². The van der Waals surface area contributed by atoms with Crippen molar-refractivity contribution in [2.75, 3.05) is 5.73 Å². The lowest BCUT2D eigenvalue weighted by Gasteiger charge is -2.41. The van der Waals surface area contributed by atoms with Gasteiger partial charge in [0.1, 0.15) is 23.7 Å². The molecule has 1 aliphatic heterocycles. The molecule has 1 atom stereocenters. The summed E-state index contributed by atoms with van der Waals surface area (Å²) in [5, 5.41) is 14.3. The largest absolute Gasteiger partial charge is 0.467 e. The third-order valence-corrected chi connectivity index (χ3v) is 6.53. The molecule has 1 unspecified atom stereocenters. The molecule has 1 aliphatic carbocycles. The van der Waals surface area contributed by atoms with Crippen molar-refractivity contribution in [3.63, 3.8) is 0 Å². The Bertz CT molecular complexity index is 1300. The summed E-state index contributed by atoms with van der Waals surface area (Å²) >= 11 is 0. The van der Waals surface area contributed by atoms with E-state index in [1.807, 2.05) is 0 Å². The average molecular weight is 432 g/mol. The number of nitrogens with two attached hydrogens (primary N) is 1. The molecule has 8 nitrogen and oxygen atoms in total. The molecule has 0 radical (unpaired) electrons. The van der Waals surface area contributed by atoms with Crippen LogP contribution < -0.4 is 10.5 Å². The zero-order valence-corrected chi connectivity index (χ0v) is 17.7. The van der Waals surface area contributed by atoms with Crippen LogP contribution in [0.25, 0.3) is 11.3 Å². The lowest BCUT2D eigenvalue weighted by molar-refractivity contribution is 0.0601. The molecule has 1 aromatic carbocycles. The van der Waals surface area contributed by atoms with E-state index in [9.17, 15) is 14.4 Å². The standard InChI is InChI=1S/C23H21FN6O2/c1-12-15-8-13(24)4-5-14(15)20(31)23(6-3-7-23)9-16-19(18(10-25)30(2)29-16)17-11-27-21(26)22(28-17)32-12/h4-5,8,11-12H,3,6-7,9H2,1-2H3,(H2,26,27). The summed E-state index contributed by atoms with van der Waals surface area (Å²) in [6.45, 7) is 1.72. The topological polar surface area (TPSA) is 120 Å². The molecule has 3 aromatic rings. The minimum Gasteiger partial charge on any atom is -0.467 e. The predicted molar refractivity (Wildman–Crippen MR) is 113 cm³/mol. The van der Waals surface area contributed by atoms with Gasteiger partial charge in [0, 0.05) is 30.0 Å². The van der Waals surface area contributed by atoms with Gasteiger partial charge in [0.05, 0.1) is 23.1 Å². The highest BCUT2D eigenvalue weighted by Crippen LogP contribution is 2.48. The molecule has 32 heavy (non-hydrogen) atoms. The quantitative estimate of drug-likeness (QED) is 0.577. The number of halogens is 1. The summed E-state index contributed by atoms with van der Waals surface area (Å²) in [6.07, 6.45) is 3.42. The molecule has 1 spiro atoms. The van der Waals surface area contributed by atoms with Crippen molar-refractivity contribution in [3.05, 3.63) is 52.7 Å². The predicted octanol–water partition coefficient (Wildman–Crippen LogP) is 3.52. The van der Waals surface area contributed by atoms with Gasteiger partial charge in [-0.1, -0.05) is 6.42 Å². The van der Waals surface area contributed by atoms with Crippen molar-refractivity contribution in [3.8, 4) is 23.2 Å². The molecule has 2 aromatic heterocycles. The number of rotatable bonds is 0. The van der Waals surface area contributed by atoms with E-state index in [1.165, 1.54) is 29.1 Å². The number of ether oxygens (including phenoxy) is 1. The van der Waals surface area contributed by atoms with E-state index in [0.717, 1.165) is 6.42 Å². The number of benzene rings is 1. The Labute approximate surface area is 183 Å². The summed E-state index contributed by atoms with van der Waals surface area (Å²) in [5.74, 6) is -0.413. The van der Waals surface area contributed by atoms with Gasteiger partial charge < -0.3 is 10.5 Å². The summed E-state index contributed by atoms with van der Waals surface area (Å²) in [7, 11) is 1.68. The zero-order chi connectivity index (χ0) is 22.6. The first kappa shape index (κ1) is 20.1. The van der Waals surface area contributed by atoms with Gasteiger partial charge in [-0.15, -0.1) is 0 Å². The maximum absolute atomic E-state index is 14.2. The van der Waals surface area contributed by atoms with Crippen molar-refractivity contribution >= 4 is 11.6 Å². The Morgan fingerprint density at radius 1 is 1.38 bits per heavy atom. The fourth-order valence-corrected chi connectivity index (χ4v) is 4.69.